The molecule has 0 radical (unpaired) electrons. The summed E-state index contributed by atoms with van der Waals surface area (Å²) >= 11 is 0. The quantitative estimate of drug-likeness (QED) is 0.0437. The fourth-order valence-electron chi connectivity index (χ4n) is 12.2. The number of pyridine rings is 1. The molecule has 0 aliphatic carbocycles. The van der Waals surface area contributed by atoms with Gasteiger partial charge in [-0.1, -0.05) is 99.6 Å². The van der Waals surface area contributed by atoms with Crippen molar-refractivity contribution in [1.82, 2.24) is 9.88 Å². The maximum Gasteiger partial charge on any atom is 0.338 e. The molecule has 0 saturated carbocycles. The smallest absolute Gasteiger partial charge is 0.338 e. The third kappa shape index (κ3) is 14.6. The highest BCUT2D eigenvalue weighted by Gasteiger charge is 2.55. The average molecular weight is 1120 g/mol. The highest BCUT2D eigenvalue weighted by molar-refractivity contribution is 5.90. The highest BCUT2D eigenvalue weighted by atomic mass is 16.7. The monoisotopic (exact) mass is 1120 g/mol. The van der Waals surface area contributed by atoms with Gasteiger partial charge in [0.2, 0.25) is 0 Å². The van der Waals surface area contributed by atoms with Gasteiger partial charge in [-0.05, 0) is 117 Å². The first-order valence-electron chi connectivity index (χ1n) is 28.3. The summed E-state index contributed by atoms with van der Waals surface area (Å²) in [5.74, 6) is -5.65. The molecule has 0 spiro atoms. The van der Waals surface area contributed by atoms with Crippen molar-refractivity contribution >= 4 is 40.6 Å². The SMILES string of the molecule is CC[C@@H]1OC(=O)[C@H](C)[C@@H](OC2C[C@@](C)(OC)[C@@H](OC(=O)c3ccccc3)[C@H](C)O2)[C@H](C)[C@@H](OC2O[C@H](C)C[C@H](N(C)C)[C@H]2OC(=O)c2ccccc2)[C@@](C)(OC/C=C/c2cnc3ccccc3c2)C[C@H](C)/C(=N\O)[C@@H](C)[C@@H](O)[C@]1(C)O. The van der Waals surface area contributed by atoms with E-state index in [1.165, 1.54) is 14.0 Å². The lowest BCUT2D eigenvalue weighted by atomic mass is 9.73. The number of benzene rings is 3. The molecule has 3 N–H and O–H groups in total. The van der Waals surface area contributed by atoms with Crippen LogP contribution in [0, 0.1) is 23.7 Å². The number of aliphatic hydroxyl groups is 2. The van der Waals surface area contributed by atoms with Crippen molar-refractivity contribution in [2.24, 2.45) is 28.8 Å². The Balaban J connectivity index is 1.37. The number of esters is 3. The van der Waals surface area contributed by atoms with Gasteiger partial charge in [0.25, 0.3) is 0 Å². The number of nitrogens with zero attached hydrogens (tertiary/aromatic N) is 3. The van der Waals surface area contributed by atoms with Gasteiger partial charge in [0.1, 0.15) is 17.3 Å². The van der Waals surface area contributed by atoms with Crippen LogP contribution < -0.4 is 0 Å². The van der Waals surface area contributed by atoms with E-state index >= 15 is 4.79 Å². The second kappa shape index (κ2) is 27.2. The molecule has 4 heterocycles. The van der Waals surface area contributed by atoms with Crippen molar-refractivity contribution in [3.05, 3.63) is 120 Å². The first-order valence-corrected chi connectivity index (χ1v) is 28.3. The number of para-hydroxylation sites is 1. The number of aliphatic hydroxyl groups excluding tert-OH is 1. The van der Waals surface area contributed by atoms with E-state index in [1.54, 1.807) is 95.4 Å². The lowest BCUT2D eigenvalue weighted by molar-refractivity contribution is -0.319. The number of hydrogen-bond acceptors (Lipinski definition) is 18. The molecule has 3 aliphatic rings. The minimum atomic E-state index is -2.04. The van der Waals surface area contributed by atoms with Gasteiger partial charge in [-0.25, -0.2) is 9.59 Å². The van der Waals surface area contributed by atoms with E-state index in [2.05, 4.69) is 10.1 Å². The standard InChI is InChI=1S/C63H85N3O15/c1-14-49-63(10,71)54(67)39(4)51(65-72)37(2)34-62(9,74-31-23-24-43-33-46-29-21-22-30-47(46)64-36-43)55(81-60-53(48(66(11)12)32-38(3)75-60)79-58(69)44-25-17-15-18-26-44)40(5)52(41(6)57(68)77-49)78-50-35-61(8,73-13)56(42(7)76-50)80-59(70)45-27-19-16-20-28-45/h15-30,33,36-42,48-50,52-56,60,67,71-72H,14,31-32,34-35H2,1-13H3/b24-23+,65-51+/t37-,38+,39+,40-,41+,42-,48-,49-,50?,52-,53+,54+,55+,56-,60?,61+,62-,63+/m0/s1. The topological polar surface area (TPSA) is 223 Å². The van der Waals surface area contributed by atoms with Crippen LogP contribution in [0.4, 0.5) is 0 Å². The van der Waals surface area contributed by atoms with Crippen LogP contribution in [-0.2, 0) is 47.4 Å². The van der Waals surface area contributed by atoms with Crippen LogP contribution in [0.1, 0.15) is 121 Å². The molecule has 4 aromatic rings. The van der Waals surface area contributed by atoms with Gasteiger partial charge >= 0.3 is 17.9 Å². The van der Waals surface area contributed by atoms with Crippen molar-refractivity contribution < 1.29 is 72.4 Å². The minimum absolute atomic E-state index is 0.00434. The van der Waals surface area contributed by atoms with Crippen molar-refractivity contribution in [3.63, 3.8) is 0 Å². The van der Waals surface area contributed by atoms with Crippen molar-refractivity contribution in [1.29, 1.82) is 0 Å². The van der Waals surface area contributed by atoms with Crippen molar-refractivity contribution in [3.8, 4) is 0 Å². The van der Waals surface area contributed by atoms with Crippen LogP contribution >= 0.6 is 0 Å². The molecule has 442 valence electrons. The van der Waals surface area contributed by atoms with E-state index in [0.717, 1.165) is 16.5 Å². The van der Waals surface area contributed by atoms with Gasteiger partial charge in [-0.15, -0.1) is 0 Å². The molecule has 3 fully saturated rings. The Kier molecular flexibility index (Phi) is 21.1. The molecule has 3 saturated heterocycles. The molecule has 3 aliphatic heterocycles. The maximum absolute atomic E-state index is 15.1. The minimum Gasteiger partial charge on any atom is -0.459 e. The molecule has 18 nitrogen and oxygen atoms in total. The molecular formula is C63H85N3O15. The van der Waals surface area contributed by atoms with Crippen LogP contribution in [0.2, 0.25) is 0 Å². The Morgan fingerprint density at radius 2 is 1.44 bits per heavy atom. The Morgan fingerprint density at radius 1 is 0.815 bits per heavy atom. The highest BCUT2D eigenvalue weighted by Crippen LogP contribution is 2.43. The first kappa shape index (κ1) is 62.9. The Labute approximate surface area is 477 Å². The van der Waals surface area contributed by atoms with Gasteiger partial charge in [0.15, 0.2) is 24.8 Å². The van der Waals surface area contributed by atoms with Crippen molar-refractivity contribution in [2.45, 2.75) is 179 Å². The third-order valence-corrected chi connectivity index (χ3v) is 16.8. The number of methoxy groups -OCH3 is 1. The number of hydrogen-bond donors (Lipinski definition) is 3. The van der Waals surface area contributed by atoms with E-state index in [0.29, 0.717) is 17.5 Å². The van der Waals surface area contributed by atoms with Gasteiger partial charge in [0, 0.05) is 42.9 Å². The second-order valence-corrected chi connectivity index (χ2v) is 23.2. The first-order chi connectivity index (χ1) is 38.4. The summed E-state index contributed by atoms with van der Waals surface area (Å²) in [6.07, 6.45) is -4.50. The molecule has 81 heavy (non-hydrogen) atoms. The third-order valence-electron chi connectivity index (χ3n) is 16.8. The molecule has 0 bridgehead atoms. The summed E-state index contributed by atoms with van der Waals surface area (Å²) in [5, 5.41) is 40.0. The zero-order valence-electron chi connectivity index (χ0n) is 49.2. The molecule has 18 heteroatoms. The van der Waals surface area contributed by atoms with Crippen LogP contribution in [0.25, 0.3) is 17.0 Å². The summed E-state index contributed by atoms with van der Waals surface area (Å²) in [6.45, 7) is 17.5. The molecule has 2 unspecified atom stereocenters. The van der Waals surface area contributed by atoms with Gasteiger partial charge < -0.3 is 63.0 Å². The average Bonchev–Trinajstić information content (AvgIpc) is 3.50. The van der Waals surface area contributed by atoms with Gasteiger partial charge in [-0.2, -0.15) is 0 Å². The zero-order chi connectivity index (χ0) is 59.0. The summed E-state index contributed by atoms with van der Waals surface area (Å²) in [7, 11) is 5.31. The number of carbonyl (C=O) groups is 3. The molecule has 18 atom stereocenters. The number of cyclic esters (lactones) is 1. The predicted molar refractivity (Wildman–Crippen MR) is 304 cm³/mol. The van der Waals surface area contributed by atoms with Crippen molar-refractivity contribution in [2.75, 3.05) is 27.8 Å². The van der Waals surface area contributed by atoms with Gasteiger partial charge in [0.05, 0.1) is 77.0 Å². The fourth-order valence-corrected chi connectivity index (χ4v) is 12.2. The number of aromatic nitrogens is 1. The predicted octanol–water partition coefficient (Wildman–Crippen LogP) is 9.06. The number of oxime groups is 1. The van der Waals surface area contributed by atoms with E-state index in [4.69, 9.17) is 42.6 Å². The molecule has 3 aromatic carbocycles. The van der Waals surface area contributed by atoms with E-state index in [1.807, 2.05) is 95.2 Å². The molecule has 7 rings (SSSR count). The van der Waals surface area contributed by atoms with Crippen LogP contribution in [-0.4, -0.2) is 161 Å². The number of fused-ring (bicyclic) bond motifs is 1. The Hall–Kier alpha value is -5.67. The summed E-state index contributed by atoms with van der Waals surface area (Å²) < 4.78 is 60.3. The van der Waals surface area contributed by atoms with E-state index in [-0.39, 0.29) is 31.6 Å². The Morgan fingerprint density at radius 3 is 2.06 bits per heavy atom. The van der Waals surface area contributed by atoms with Crippen LogP contribution in [0.3, 0.4) is 0 Å². The number of likely N-dealkylation sites (N-methyl/N-ethyl adjacent to an activating group) is 1. The van der Waals surface area contributed by atoms with Crippen LogP contribution in [0.15, 0.2) is 108 Å². The number of ether oxygens (including phenoxy) is 9. The Bertz CT molecular complexity index is 2780. The lowest BCUT2D eigenvalue weighted by Gasteiger charge is -2.50. The maximum atomic E-state index is 15.1. The summed E-state index contributed by atoms with van der Waals surface area (Å²) in [6, 6.07) is 26.7. The van der Waals surface area contributed by atoms with E-state index in [9.17, 15) is 25.0 Å². The second-order valence-electron chi connectivity index (χ2n) is 23.2. The van der Waals surface area contributed by atoms with E-state index < -0.39 is 126 Å². The molecule has 1 aromatic heterocycles. The van der Waals surface area contributed by atoms with Gasteiger partial charge in [-0.3, -0.25) is 9.78 Å². The molecule has 0 amide bonds. The number of carbonyl (C=O) groups excluding carboxylic acids is 3. The lowest BCUT2D eigenvalue weighted by Crippen LogP contribution is -2.62. The zero-order valence-corrected chi connectivity index (χ0v) is 49.2. The fraction of sp³-hybridized carbons (Fsp3) is 0.571. The summed E-state index contributed by atoms with van der Waals surface area (Å²) in [4.78, 5) is 49.4. The largest absolute Gasteiger partial charge is 0.459 e. The molecular weight excluding hydrogens is 1040 g/mol. The number of rotatable bonds is 15. The van der Waals surface area contributed by atoms with Crippen LogP contribution in [0.5, 0.6) is 0 Å². The normalized spacial score (nSPS) is 36.0. The summed E-state index contributed by atoms with van der Waals surface area (Å²) in [5.41, 5.74) is -2.22.